The largest absolute Gasteiger partial charge is 0.369 e. The Morgan fingerprint density at radius 3 is 2.39 bits per heavy atom. The molecule has 1 aliphatic heterocycles. The monoisotopic (exact) mass is 511 g/mol. The Morgan fingerprint density at radius 2 is 1.63 bits per heavy atom. The standard InChI is InChI=1S/C29H27F2N7/c1-37-10-12-38(13-11-37)24-5-3-21(4-6-24)26-8-9-32-29(33-26)34-28-25-17-19(2-7-27(25)35-36-28)14-20-15-22(30)18-23(31)16-20/h2-9,15-18H,10-14H2,1H3,(H2,32,33,34,35,36). The fraction of sp³-hybridized carbons (Fsp3) is 0.207. The molecule has 38 heavy (non-hydrogen) atoms. The predicted octanol–water partition coefficient (Wildman–Crippen LogP) is 5.38. The first-order chi connectivity index (χ1) is 18.5. The number of likely N-dealkylation sites (N-methyl/N-ethyl adjacent to an activating group) is 1. The van der Waals surface area contributed by atoms with Crippen LogP contribution < -0.4 is 10.2 Å². The summed E-state index contributed by atoms with van der Waals surface area (Å²) in [6.07, 6.45) is 2.11. The van der Waals surface area contributed by atoms with E-state index in [2.05, 4.69) is 61.6 Å². The molecule has 192 valence electrons. The molecule has 0 radical (unpaired) electrons. The van der Waals surface area contributed by atoms with Crippen molar-refractivity contribution >= 4 is 28.4 Å². The molecule has 0 unspecified atom stereocenters. The molecule has 9 heteroatoms. The van der Waals surface area contributed by atoms with Gasteiger partial charge in [-0.15, -0.1) is 0 Å². The molecule has 6 rings (SSSR count). The number of halogens is 2. The van der Waals surface area contributed by atoms with Crippen LogP contribution in [0.1, 0.15) is 11.1 Å². The van der Waals surface area contributed by atoms with Crippen LogP contribution in [0.3, 0.4) is 0 Å². The molecular weight excluding hydrogens is 484 g/mol. The van der Waals surface area contributed by atoms with Gasteiger partial charge in [0.25, 0.3) is 0 Å². The molecule has 0 spiro atoms. The van der Waals surface area contributed by atoms with E-state index >= 15 is 0 Å². The summed E-state index contributed by atoms with van der Waals surface area (Å²) in [6.45, 7) is 4.18. The molecule has 1 saturated heterocycles. The van der Waals surface area contributed by atoms with Crippen LogP contribution in [0.5, 0.6) is 0 Å². The lowest BCUT2D eigenvalue weighted by Gasteiger charge is -2.34. The summed E-state index contributed by atoms with van der Waals surface area (Å²) in [4.78, 5) is 13.8. The van der Waals surface area contributed by atoms with Crippen molar-refractivity contribution in [1.82, 2.24) is 25.1 Å². The van der Waals surface area contributed by atoms with Crippen molar-refractivity contribution in [3.8, 4) is 11.3 Å². The van der Waals surface area contributed by atoms with E-state index in [-0.39, 0.29) is 0 Å². The minimum atomic E-state index is -0.585. The molecule has 2 N–H and O–H groups in total. The van der Waals surface area contributed by atoms with E-state index in [1.165, 1.54) is 17.8 Å². The lowest BCUT2D eigenvalue weighted by Crippen LogP contribution is -2.44. The lowest BCUT2D eigenvalue weighted by molar-refractivity contribution is 0.313. The molecule has 3 heterocycles. The normalized spacial score (nSPS) is 14.2. The predicted molar refractivity (Wildman–Crippen MR) is 146 cm³/mol. The Kier molecular flexibility index (Phi) is 6.43. The van der Waals surface area contributed by atoms with E-state index in [1.54, 1.807) is 6.20 Å². The first kappa shape index (κ1) is 24.0. The van der Waals surface area contributed by atoms with Crippen molar-refractivity contribution in [2.24, 2.45) is 0 Å². The number of H-pyrrole nitrogens is 1. The summed E-state index contributed by atoms with van der Waals surface area (Å²) in [5.74, 6) is -0.165. The van der Waals surface area contributed by atoms with Gasteiger partial charge in [-0.05, 0) is 67.1 Å². The zero-order valence-corrected chi connectivity index (χ0v) is 21.0. The number of nitrogens with one attached hydrogen (secondary N) is 2. The topological polar surface area (TPSA) is 73.0 Å². The van der Waals surface area contributed by atoms with Gasteiger partial charge in [0.15, 0.2) is 5.82 Å². The Morgan fingerprint density at radius 1 is 0.868 bits per heavy atom. The Balaban J connectivity index is 1.20. The molecular formula is C29H27F2N7. The third-order valence-electron chi connectivity index (χ3n) is 6.88. The van der Waals surface area contributed by atoms with Crippen molar-refractivity contribution in [3.63, 3.8) is 0 Å². The molecule has 0 saturated carbocycles. The zero-order chi connectivity index (χ0) is 26.1. The van der Waals surface area contributed by atoms with Gasteiger partial charge in [-0.3, -0.25) is 5.10 Å². The molecule has 1 fully saturated rings. The average molecular weight is 512 g/mol. The minimum Gasteiger partial charge on any atom is -0.369 e. The third-order valence-corrected chi connectivity index (χ3v) is 6.88. The number of anilines is 3. The molecule has 0 amide bonds. The van der Waals surface area contributed by atoms with Crippen molar-refractivity contribution < 1.29 is 8.78 Å². The zero-order valence-electron chi connectivity index (χ0n) is 21.0. The van der Waals surface area contributed by atoms with Crippen LogP contribution in [-0.4, -0.2) is 58.3 Å². The highest BCUT2D eigenvalue weighted by molar-refractivity contribution is 5.91. The fourth-order valence-corrected chi connectivity index (χ4v) is 4.81. The van der Waals surface area contributed by atoms with Crippen molar-refractivity contribution in [2.45, 2.75) is 6.42 Å². The van der Waals surface area contributed by atoms with Gasteiger partial charge in [0, 0.05) is 55.1 Å². The molecule has 0 bridgehead atoms. The molecule has 0 aliphatic carbocycles. The van der Waals surface area contributed by atoms with Crippen LogP contribution >= 0.6 is 0 Å². The Hall–Kier alpha value is -4.37. The number of aromatic amines is 1. The second-order valence-corrected chi connectivity index (χ2v) is 9.63. The smallest absolute Gasteiger partial charge is 0.228 e. The van der Waals surface area contributed by atoms with E-state index < -0.39 is 11.6 Å². The van der Waals surface area contributed by atoms with Crippen molar-refractivity contribution in [3.05, 3.63) is 95.7 Å². The number of hydrogen-bond acceptors (Lipinski definition) is 6. The van der Waals surface area contributed by atoms with Gasteiger partial charge in [-0.25, -0.2) is 18.7 Å². The van der Waals surface area contributed by atoms with Gasteiger partial charge < -0.3 is 15.1 Å². The average Bonchev–Trinajstić information content (AvgIpc) is 3.30. The minimum absolute atomic E-state index is 0.394. The third kappa shape index (κ3) is 5.19. The SMILES string of the molecule is CN1CCN(c2ccc(-c3ccnc(Nc4n[nH]c5ccc(Cc6cc(F)cc(F)c6)cc45)n3)cc2)CC1. The number of fused-ring (bicyclic) bond motifs is 1. The fourth-order valence-electron chi connectivity index (χ4n) is 4.81. The van der Waals surface area contributed by atoms with Gasteiger partial charge in [0.1, 0.15) is 11.6 Å². The molecule has 2 aromatic heterocycles. The van der Waals surface area contributed by atoms with E-state index in [0.717, 1.165) is 60.0 Å². The summed E-state index contributed by atoms with van der Waals surface area (Å²) in [7, 11) is 2.15. The van der Waals surface area contributed by atoms with Gasteiger partial charge in [0.05, 0.1) is 11.2 Å². The van der Waals surface area contributed by atoms with Crippen molar-refractivity contribution in [1.29, 1.82) is 0 Å². The molecule has 1 aliphatic rings. The summed E-state index contributed by atoms with van der Waals surface area (Å²) >= 11 is 0. The maximum atomic E-state index is 13.6. The van der Waals surface area contributed by atoms with Gasteiger partial charge in [0.2, 0.25) is 5.95 Å². The number of nitrogens with zero attached hydrogens (tertiary/aromatic N) is 5. The van der Waals surface area contributed by atoms with Crippen LogP contribution in [0.4, 0.5) is 26.2 Å². The highest BCUT2D eigenvalue weighted by Gasteiger charge is 2.15. The van der Waals surface area contributed by atoms with E-state index in [4.69, 9.17) is 4.98 Å². The number of hydrogen-bond donors (Lipinski definition) is 2. The highest BCUT2D eigenvalue weighted by atomic mass is 19.1. The summed E-state index contributed by atoms with van der Waals surface area (Å²) < 4.78 is 27.3. The molecule has 0 atom stereocenters. The Bertz CT molecular complexity index is 1550. The maximum absolute atomic E-state index is 13.6. The highest BCUT2D eigenvalue weighted by Crippen LogP contribution is 2.27. The van der Waals surface area contributed by atoms with E-state index in [9.17, 15) is 8.78 Å². The number of aromatic nitrogens is 4. The van der Waals surface area contributed by atoms with Gasteiger partial charge in [-0.2, -0.15) is 5.10 Å². The first-order valence-electron chi connectivity index (χ1n) is 12.6. The van der Waals surface area contributed by atoms with Crippen LogP contribution in [0, 0.1) is 11.6 Å². The van der Waals surface area contributed by atoms with Crippen LogP contribution in [0.25, 0.3) is 22.2 Å². The number of rotatable bonds is 6. The second-order valence-electron chi connectivity index (χ2n) is 9.63. The Labute approximate surface area is 219 Å². The second kappa shape index (κ2) is 10.2. The van der Waals surface area contributed by atoms with E-state index in [1.807, 2.05) is 24.3 Å². The lowest BCUT2D eigenvalue weighted by atomic mass is 10.0. The van der Waals surface area contributed by atoms with Crippen LogP contribution in [0.2, 0.25) is 0 Å². The van der Waals surface area contributed by atoms with Crippen LogP contribution in [0.15, 0.2) is 72.9 Å². The quantitative estimate of drug-likeness (QED) is 0.319. The molecule has 5 aromatic rings. The van der Waals surface area contributed by atoms with Gasteiger partial charge >= 0.3 is 0 Å². The maximum Gasteiger partial charge on any atom is 0.228 e. The van der Waals surface area contributed by atoms with Crippen molar-refractivity contribution in [2.75, 3.05) is 43.4 Å². The first-order valence-corrected chi connectivity index (χ1v) is 12.6. The van der Waals surface area contributed by atoms with Gasteiger partial charge in [-0.1, -0.05) is 18.2 Å². The number of piperazine rings is 1. The molecule has 3 aromatic carbocycles. The summed E-state index contributed by atoms with van der Waals surface area (Å²) in [5.41, 5.74) is 5.33. The summed E-state index contributed by atoms with van der Waals surface area (Å²) in [5, 5.41) is 11.5. The molecule has 7 nitrogen and oxygen atoms in total. The summed E-state index contributed by atoms with van der Waals surface area (Å²) in [6, 6.07) is 19.7. The van der Waals surface area contributed by atoms with Crippen LogP contribution in [-0.2, 0) is 6.42 Å². The van der Waals surface area contributed by atoms with E-state index in [0.29, 0.717) is 23.8 Å². The number of benzene rings is 3.